The highest BCUT2D eigenvalue weighted by molar-refractivity contribution is 7.93. The normalized spacial score (nSPS) is 12.0. The summed E-state index contributed by atoms with van der Waals surface area (Å²) in [5.41, 5.74) is 0.551. The second-order valence-electron chi connectivity index (χ2n) is 6.88. The van der Waals surface area contributed by atoms with E-state index in [0.717, 1.165) is 16.9 Å². The third kappa shape index (κ3) is 5.79. The second-order valence-corrected chi connectivity index (χ2v) is 10.5. The number of carbonyl (C=O) groups excluding carboxylic acids is 1. The summed E-state index contributed by atoms with van der Waals surface area (Å²) < 4.78 is 29.9. The Hall–Kier alpha value is -3.00. The molecule has 0 fully saturated rings. The lowest BCUT2D eigenvalue weighted by Gasteiger charge is -2.02. The third-order valence-electron chi connectivity index (χ3n) is 3.85. The minimum Gasteiger partial charge on any atom is -0.457 e. The predicted molar refractivity (Wildman–Crippen MR) is 118 cm³/mol. The van der Waals surface area contributed by atoms with Crippen molar-refractivity contribution in [1.82, 2.24) is 10.2 Å². The van der Waals surface area contributed by atoms with Crippen LogP contribution >= 0.6 is 22.9 Å². The van der Waals surface area contributed by atoms with E-state index in [-0.39, 0.29) is 26.7 Å². The molecule has 0 radical (unpaired) electrons. The highest BCUT2D eigenvalue weighted by Gasteiger charge is 2.23. The fourth-order valence-corrected chi connectivity index (χ4v) is 5.28. The SMILES string of the molecule is CC(C)CS(=O)(=O)c1nnc(NC(=O)/C(C#N)=C\c2ccc(-c3ccc(Cl)cc3)o2)s1. The van der Waals surface area contributed by atoms with Gasteiger partial charge >= 0.3 is 0 Å². The zero-order valence-corrected chi connectivity index (χ0v) is 18.9. The van der Waals surface area contributed by atoms with E-state index in [9.17, 15) is 18.5 Å². The van der Waals surface area contributed by atoms with Crippen LogP contribution in [-0.4, -0.2) is 30.3 Å². The van der Waals surface area contributed by atoms with Gasteiger partial charge in [0.2, 0.25) is 19.3 Å². The van der Waals surface area contributed by atoms with Gasteiger partial charge in [-0.05, 0) is 42.3 Å². The van der Waals surface area contributed by atoms with Gasteiger partial charge in [0.1, 0.15) is 23.2 Å². The van der Waals surface area contributed by atoms with Crippen LogP contribution in [0.2, 0.25) is 5.02 Å². The number of benzene rings is 1. The Morgan fingerprint density at radius 3 is 2.61 bits per heavy atom. The lowest BCUT2D eigenvalue weighted by atomic mass is 10.2. The first kappa shape index (κ1) is 22.7. The number of carbonyl (C=O) groups is 1. The van der Waals surface area contributed by atoms with Crippen LogP contribution in [0.5, 0.6) is 0 Å². The van der Waals surface area contributed by atoms with Gasteiger partial charge in [-0.2, -0.15) is 5.26 Å². The predicted octanol–water partition coefficient (Wildman–Crippen LogP) is 4.43. The van der Waals surface area contributed by atoms with Crippen LogP contribution in [0.25, 0.3) is 17.4 Å². The van der Waals surface area contributed by atoms with Crippen molar-refractivity contribution < 1.29 is 17.6 Å². The van der Waals surface area contributed by atoms with Gasteiger partial charge in [0.05, 0.1) is 5.75 Å². The molecule has 3 rings (SSSR count). The molecule has 2 heterocycles. The molecule has 0 aliphatic rings. The average molecular weight is 477 g/mol. The summed E-state index contributed by atoms with van der Waals surface area (Å²) in [7, 11) is -3.58. The standard InChI is InChI=1S/C20H17ClN4O4S2/c1-12(2)11-31(27,28)20-25-24-19(30-20)23-18(26)14(10-22)9-16-7-8-17(29-16)13-3-5-15(21)6-4-13/h3-9,12H,11H2,1-2H3,(H,23,24,26)/b14-9-. The van der Waals surface area contributed by atoms with E-state index in [1.807, 2.05) is 0 Å². The van der Waals surface area contributed by atoms with Gasteiger partial charge in [0.15, 0.2) is 0 Å². The molecule has 0 spiro atoms. The highest BCUT2D eigenvalue weighted by Crippen LogP contribution is 2.26. The number of hydrogen-bond donors (Lipinski definition) is 1. The molecule has 0 aliphatic carbocycles. The molecule has 0 unspecified atom stereocenters. The Balaban J connectivity index is 1.75. The van der Waals surface area contributed by atoms with Gasteiger partial charge in [-0.3, -0.25) is 10.1 Å². The number of furan rings is 1. The Morgan fingerprint density at radius 2 is 1.97 bits per heavy atom. The van der Waals surface area contributed by atoms with E-state index in [0.29, 0.717) is 16.5 Å². The minimum absolute atomic E-state index is 0.0187. The fourth-order valence-electron chi connectivity index (χ4n) is 2.55. The molecule has 1 amide bonds. The molecule has 3 aromatic rings. The Kier molecular flexibility index (Phi) is 6.90. The molecular formula is C20H17ClN4O4S2. The number of sulfone groups is 1. The summed E-state index contributed by atoms with van der Waals surface area (Å²) in [6.07, 6.45) is 1.28. The van der Waals surface area contributed by atoms with E-state index in [1.165, 1.54) is 6.08 Å². The van der Waals surface area contributed by atoms with Crippen LogP contribution in [0.4, 0.5) is 5.13 Å². The summed E-state index contributed by atoms with van der Waals surface area (Å²) in [6, 6.07) is 12.1. The number of hydrogen-bond acceptors (Lipinski definition) is 8. The first-order valence-corrected chi connectivity index (χ1v) is 11.9. The summed E-state index contributed by atoms with van der Waals surface area (Å²) in [4.78, 5) is 12.4. The monoisotopic (exact) mass is 476 g/mol. The maximum atomic E-state index is 12.4. The van der Waals surface area contributed by atoms with E-state index in [4.69, 9.17) is 16.0 Å². The van der Waals surface area contributed by atoms with Crippen molar-refractivity contribution in [2.45, 2.75) is 18.2 Å². The first-order valence-electron chi connectivity index (χ1n) is 9.03. The molecule has 0 bridgehead atoms. The molecule has 1 N–H and O–H groups in total. The molecule has 160 valence electrons. The van der Waals surface area contributed by atoms with Crippen molar-refractivity contribution in [3.8, 4) is 17.4 Å². The lowest BCUT2D eigenvalue weighted by Crippen LogP contribution is -2.13. The summed E-state index contributed by atoms with van der Waals surface area (Å²) in [5, 5.41) is 19.7. The highest BCUT2D eigenvalue weighted by atomic mass is 35.5. The number of nitriles is 1. The Bertz CT molecular complexity index is 1270. The molecule has 11 heteroatoms. The molecule has 0 atom stereocenters. The number of amides is 1. The van der Waals surface area contributed by atoms with Crippen molar-refractivity contribution >= 4 is 49.9 Å². The summed E-state index contributed by atoms with van der Waals surface area (Å²) >= 11 is 6.61. The summed E-state index contributed by atoms with van der Waals surface area (Å²) in [5.74, 6) is -0.0613. The molecule has 2 aromatic heterocycles. The van der Waals surface area contributed by atoms with E-state index >= 15 is 0 Å². The van der Waals surface area contributed by atoms with Crippen LogP contribution in [0.3, 0.4) is 0 Å². The maximum Gasteiger partial charge on any atom is 0.268 e. The van der Waals surface area contributed by atoms with Gasteiger partial charge in [0, 0.05) is 16.7 Å². The van der Waals surface area contributed by atoms with Crippen LogP contribution < -0.4 is 5.32 Å². The number of nitrogens with zero attached hydrogens (tertiary/aromatic N) is 3. The molecule has 31 heavy (non-hydrogen) atoms. The number of rotatable bonds is 7. The van der Waals surface area contributed by atoms with Crippen LogP contribution in [0.15, 0.2) is 50.7 Å². The van der Waals surface area contributed by atoms with Gasteiger partial charge in [-0.15, -0.1) is 10.2 Å². The van der Waals surface area contributed by atoms with Crippen molar-refractivity contribution in [2.24, 2.45) is 5.92 Å². The quantitative estimate of drug-likeness (QED) is 0.303. The zero-order chi connectivity index (χ0) is 22.6. The second kappa shape index (κ2) is 9.43. The molecule has 8 nitrogen and oxygen atoms in total. The fraction of sp³-hybridized carbons (Fsp3) is 0.200. The third-order valence-corrected chi connectivity index (χ3v) is 7.47. The molecular weight excluding hydrogens is 460 g/mol. The van der Waals surface area contributed by atoms with Crippen molar-refractivity contribution in [1.29, 1.82) is 5.26 Å². The van der Waals surface area contributed by atoms with E-state index < -0.39 is 15.7 Å². The van der Waals surface area contributed by atoms with E-state index in [1.54, 1.807) is 56.3 Å². The van der Waals surface area contributed by atoms with Gasteiger partial charge in [-0.25, -0.2) is 8.42 Å². The molecule has 0 saturated heterocycles. The number of halogens is 1. The molecule has 0 aliphatic heterocycles. The lowest BCUT2D eigenvalue weighted by molar-refractivity contribution is -0.112. The van der Waals surface area contributed by atoms with Crippen LogP contribution in [0, 0.1) is 17.2 Å². The number of anilines is 1. The Labute approximate surface area is 188 Å². The van der Waals surface area contributed by atoms with Crippen LogP contribution in [-0.2, 0) is 14.6 Å². The zero-order valence-electron chi connectivity index (χ0n) is 16.5. The van der Waals surface area contributed by atoms with Gasteiger partial charge in [0.25, 0.3) is 5.91 Å². The van der Waals surface area contributed by atoms with Gasteiger partial charge in [-0.1, -0.05) is 36.8 Å². The topological polar surface area (TPSA) is 126 Å². The minimum atomic E-state index is -3.58. The van der Waals surface area contributed by atoms with Crippen molar-refractivity contribution in [2.75, 3.05) is 11.1 Å². The number of aromatic nitrogens is 2. The molecule has 1 aromatic carbocycles. The van der Waals surface area contributed by atoms with Gasteiger partial charge < -0.3 is 4.42 Å². The largest absolute Gasteiger partial charge is 0.457 e. The molecule has 0 saturated carbocycles. The smallest absolute Gasteiger partial charge is 0.268 e. The number of nitrogens with one attached hydrogen (secondary N) is 1. The first-order chi connectivity index (χ1) is 14.7. The summed E-state index contributed by atoms with van der Waals surface area (Å²) in [6.45, 7) is 3.55. The van der Waals surface area contributed by atoms with Crippen molar-refractivity contribution in [3.05, 3.63) is 52.8 Å². The average Bonchev–Trinajstić information content (AvgIpc) is 3.35. The van der Waals surface area contributed by atoms with Crippen molar-refractivity contribution in [3.63, 3.8) is 0 Å². The Morgan fingerprint density at radius 1 is 1.26 bits per heavy atom. The van der Waals surface area contributed by atoms with E-state index in [2.05, 4.69) is 15.5 Å². The van der Waals surface area contributed by atoms with Crippen LogP contribution in [0.1, 0.15) is 19.6 Å². The maximum absolute atomic E-state index is 12.4.